The molecule has 4 aromatic rings. The molecule has 0 saturated heterocycles. The van der Waals surface area contributed by atoms with Gasteiger partial charge in [-0.25, -0.2) is 4.68 Å². The molecule has 0 atom stereocenters. The summed E-state index contributed by atoms with van der Waals surface area (Å²) in [5.74, 6) is -2.28. The summed E-state index contributed by atoms with van der Waals surface area (Å²) in [7, 11) is 0. The van der Waals surface area contributed by atoms with E-state index in [0.29, 0.717) is 27.3 Å². The van der Waals surface area contributed by atoms with Crippen LogP contribution in [-0.2, 0) is 9.59 Å². The molecule has 3 aromatic carbocycles. The van der Waals surface area contributed by atoms with Gasteiger partial charge in [0.15, 0.2) is 0 Å². The molecule has 0 aliphatic rings. The van der Waals surface area contributed by atoms with Gasteiger partial charge in [-0.2, -0.15) is 0 Å². The normalized spacial score (nSPS) is 10.8. The van der Waals surface area contributed by atoms with E-state index in [0.717, 1.165) is 21.2 Å². The Morgan fingerprint density at radius 3 is 2.31 bits per heavy atom. The lowest BCUT2D eigenvalue weighted by atomic mass is 10.1. The second kappa shape index (κ2) is 9.93. The van der Waals surface area contributed by atoms with E-state index < -0.39 is 17.7 Å². The van der Waals surface area contributed by atoms with Crippen LogP contribution in [0.4, 0.5) is 11.4 Å². The van der Waals surface area contributed by atoms with Crippen molar-refractivity contribution in [3.8, 4) is 0 Å². The van der Waals surface area contributed by atoms with Gasteiger partial charge in [0, 0.05) is 26.3 Å². The second-order valence-corrected chi connectivity index (χ2v) is 9.52. The van der Waals surface area contributed by atoms with Crippen LogP contribution in [0, 0.1) is 20.8 Å². The van der Waals surface area contributed by atoms with E-state index in [9.17, 15) is 14.4 Å². The molecule has 178 valence electrons. The highest BCUT2D eigenvalue weighted by Crippen LogP contribution is 2.25. The number of anilines is 2. The van der Waals surface area contributed by atoms with Gasteiger partial charge in [0.05, 0.1) is 5.52 Å². The Labute approximate surface area is 215 Å². The van der Waals surface area contributed by atoms with Gasteiger partial charge in [-0.15, -0.1) is 0 Å². The zero-order chi connectivity index (χ0) is 25.3. The summed E-state index contributed by atoms with van der Waals surface area (Å²) in [6, 6.07) is 17.6. The maximum absolute atomic E-state index is 13.2. The summed E-state index contributed by atoms with van der Waals surface area (Å²) >= 11 is 9.53. The first-order valence-corrected chi connectivity index (χ1v) is 11.9. The van der Waals surface area contributed by atoms with Crippen molar-refractivity contribution in [3.63, 3.8) is 0 Å². The molecular weight excluding hydrogens is 532 g/mol. The largest absolute Gasteiger partial charge is 0.328 e. The number of carbonyl (C=O) groups excluding carboxylic acids is 3. The third kappa shape index (κ3) is 5.39. The number of rotatable bonds is 4. The molecular formula is C26H22BrClN4O3. The van der Waals surface area contributed by atoms with Crippen LogP contribution in [0.1, 0.15) is 27.2 Å². The number of hydrogen-bond acceptors (Lipinski definition) is 3. The van der Waals surface area contributed by atoms with Gasteiger partial charge in [0.2, 0.25) is 0 Å². The van der Waals surface area contributed by atoms with Crippen LogP contribution in [0.25, 0.3) is 10.9 Å². The Morgan fingerprint density at radius 1 is 0.829 bits per heavy atom. The Hall–Kier alpha value is -3.62. The van der Waals surface area contributed by atoms with Crippen LogP contribution in [0.2, 0.25) is 5.02 Å². The molecule has 0 fully saturated rings. The SMILES string of the molecule is Cc1ccc(NC(=O)c2cc3cc(Br)ccc3n2NC(=O)C(=O)Nc2ccc(C)c(Cl)c2)c(C)c1. The van der Waals surface area contributed by atoms with E-state index in [4.69, 9.17) is 11.6 Å². The van der Waals surface area contributed by atoms with Crippen molar-refractivity contribution in [2.24, 2.45) is 0 Å². The summed E-state index contributed by atoms with van der Waals surface area (Å²) in [4.78, 5) is 38.6. The molecule has 0 saturated carbocycles. The summed E-state index contributed by atoms with van der Waals surface area (Å²) in [5, 5.41) is 6.58. The van der Waals surface area contributed by atoms with Crippen molar-refractivity contribution in [2.45, 2.75) is 20.8 Å². The lowest BCUT2D eigenvalue weighted by Gasteiger charge is -2.14. The number of fused-ring (bicyclic) bond motifs is 1. The number of aryl methyl sites for hydroxylation is 3. The van der Waals surface area contributed by atoms with Crippen LogP contribution in [0.15, 0.2) is 65.1 Å². The highest BCUT2D eigenvalue weighted by atomic mass is 79.9. The first-order valence-electron chi connectivity index (χ1n) is 10.7. The summed E-state index contributed by atoms with van der Waals surface area (Å²) < 4.78 is 2.12. The third-order valence-corrected chi connectivity index (χ3v) is 6.38. The lowest BCUT2D eigenvalue weighted by Crippen LogP contribution is -2.36. The standard InChI is InChI=1S/C26H22BrClN4O3/c1-14-4-8-21(16(3)10-14)30-24(33)23-12-17-11-18(27)6-9-22(17)32(23)31-26(35)25(34)29-19-7-5-15(2)20(28)13-19/h4-13H,1-3H3,(H,29,34)(H,30,33)(H,31,35). The molecule has 0 aliphatic carbocycles. The van der Waals surface area contributed by atoms with Crippen LogP contribution in [-0.4, -0.2) is 22.4 Å². The first-order chi connectivity index (χ1) is 16.6. The van der Waals surface area contributed by atoms with Crippen molar-refractivity contribution < 1.29 is 14.4 Å². The number of aromatic nitrogens is 1. The number of carbonyl (C=O) groups is 3. The van der Waals surface area contributed by atoms with Crippen molar-refractivity contribution in [1.29, 1.82) is 0 Å². The molecule has 4 rings (SSSR count). The number of halogens is 2. The fourth-order valence-electron chi connectivity index (χ4n) is 3.62. The maximum atomic E-state index is 13.2. The van der Waals surface area contributed by atoms with E-state index in [2.05, 4.69) is 32.0 Å². The molecule has 0 bridgehead atoms. The molecule has 0 spiro atoms. The lowest BCUT2D eigenvalue weighted by molar-refractivity contribution is -0.133. The van der Waals surface area contributed by atoms with Crippen molar-refractivity contribution in [1.82, 2.24) is 4.68 Å². The Morgan fingerprint density at radius 2 is 1.60 bits per heavy atom. The highest BCUT2D eigenvalue weighted by molar-refractivity contribution is 9.10. The molecule has 9 heteroatoms. The number of amides is 3. The zero-order valence-electron chi connectivity index (χ0n) is 19.2. The Balaban J connectivity index is 1.63. The molecule has 7 nitrogen and oxygen atoms in total. The predicted octanol–water partition coefficient (Wildman–Crippen LogP) is 5.94. The first kappa shape index (κ1) is 24.5. The molecule has 0 unspecified atom stereocenters. The molecule has 1 aromatic heterocycles. The van der Waals surface area contributed by atoms with Crippen LogP contribution in [0.5, 0.6) is 0 Å². The van der Waals surface area contributed by atoms with Crippen LogP contribution < -0.4 is 16.1 Å². The summed E-state index contributed by atoms with van der Waals surface area (Å²) in [5.41, 5.74) is 7.13. The average molecular weight is 554 g/mol. The molecule has 35 heavy (non-hydrogen) atoms. The zero-order valence-corrected chi connectivity index (χ0v) is 21.5. The van der Waals surface area contributed by atoms with Gasteiger partial charge in [0.1, 0.15) is 5.69 Å². The average Bonchev–Trinajstić information content (AvgIpc) is 3.15. The predicted molar refractivity (Wildman–Crippen MR) is 143 cm³/mol. The molecule has 0 aliphatic heterocycles. The molecule has 0 radical (unpaired) electrons. The Bertz CT molecular complexity index is 1500. The Kier molecular flexibility index (Phi) is 6.95. The van der Waals surface area contributed by atoms with E-state index >= 15 is 0 Å². The monoisotopic (exact) mass is 552 g/mol. The van der Waals surface area contributed by atoms with Crippen molar-refractivity contribution >= 4 is 67.5 Å². The van der Waals surface area contributed by atoms with Crippen molar-refractivity contribution in [2.75, 3.05) is 16.1 Å². The van der Waals surface area contributed by atoms with E-state index in [1.54, 1.807) is 36.4 Å². The second-order valence-electron chi connectivity index (χ2n) is 8.20. The molecule has 3 N–H and O–H groups in total. The van der Waals surface area contributed by atoms with Gasteiger partial charge in [0.25, 0.3) is 5.91 Å². The maximum Gasteiger partial charge on any atom is 0.328 e. The minimum atomic E-state index is -0.942. The van der Waals surface area contributed by atoms with E-state index in [-0.39, 0.29) is 5.69 Å². The number of nitrogens with zero attached hydrogens (tertiary/aromatic N) is 1. The molecule has 3 amide bonds. The van der Waals surface area contributed by atoms with Gasteiger partial charge in [-0.3, -0.25) is 19.8 Å². The van der Waals surface area contributed by atoms with E-state index in [1.807, 2.05) is 45.0 Å². The fourth-order valence-corrected chi connectivity index (χ4v) is 4.18. The minimum absolute atomic E-state index is 0.164. The fraction of sp³-hybridized carbons (Fsp3) is 0.115. The highest BCUT2D eigenvalue weighted by Gasteiger charge is 2.21. The topological polar surface area (TPSA) is 92.2 Å². The van der Waals surface area contributed by atoms with Gasteiger partial charge >= 0.3 is 11.8 Å². The number of hydrogen-bond donors (Lipinski definition) is 3. The third-order valence-electron chi connectivity index (χ3n) is 5.48. The summed E-state index contributed by atoms with van der Waals surface area (Å²) in [6.45, 7) is 5.71. The summed E-state index contributed by atoms with van der Waals surface area (Å²) in [6.07, 6.45) is 0. The van der Waals surface area contributed by atoms with Gasteiger partial charge < -0.3 is 10.6 Å². The van der Waals surface area contributed by atoms with Crippen LogP contribution >= 0.6 is 27.5 Å². The smallest absolute Gasteiger partial charge is 0.320 e. The van der Waals surface area contributed by atoms with Gasteiger partial charge in [-0.1, -0.05) is 51.3 Å². The minimum Gasteiger partial charge on any atom is -0.320 e. The van der Waals surface area contributed by atoms with E-state index in [1.165, 1.54) is 4.68 Å². The molecule has 1 heterocycles. The quantitative estimate of drug-likeness (QED) is 0.273. The van der Waals surface area contributed by atoms with Crippen molar-refractivity contribution in [3.05, 3.63) is 92.5 Å². The van der Waals surface area contributed by atoms with Crippen LogP contribution in [0.3, 0.4) is 0 Å². The number of nitrogens with one attached hydrogen (secondary N) is 3. The van der Waals surface area contributed by atoms with Gasteiger partial charge in [-0.05, 0) is 74.4 Å². The number of benzene rings is 3.